The zero-order valence-corrected chi connectivity index (χ0v) is 8.56. The lowest BCUT2D eigenvalue weighted by Crippen LogP contribution is -2.13. The Morgan fingerprint density at radius 1 is 1.79 bits per heavy atom. The van der Waals surface area contributed by atoms with Crippen molar-refractivity contribution in [3.05, 3.63) is 23.8 Å². The fourth-order valence-electron chi connectivity index (χ4n) is 1.41. The van der Waals surface area contributed by atoms with Gasteiger partial charge >= 0.3 is 5.97 Å². The van der Waals surface area contributed by atoms with Crippen molar-refractivity contribution >= 4 is 5.97 Å². The molecule has 0 saturated heterocycles. The van der Waals surface area contributed by atoms with Crippen LogP contribution in [-0.2, 0) is 9.53 Å². The van der Waals surface area contributed by atoms with Crippen LogP contribution in [0.3, 0.4) is 0 Å². The number of hydrogen-bond acceptors (Lipinski definition) is 2. The molecule has 1 N–H and O–H groups in total. The van der Waals surface area contributed by atoms with E-state index in [-0.39, 0.29) is 12.0 Å². The van der Waals surface area contributed by atoms with Crippen LogP contribution in [0.15, 0.2) is 23.8 Å². The number of methoxy groups -OCH3 is 1. The molecule has 3 nitrogen and oxygen atoms in total. The van der Waals surface area contributed by atoms with Crippen LogP contribution in [0.25, 0.3) is 0 Å². The normalized spacial score (nSPS) is 23.0. The number of rotatable bonds is 4. The molecule has 78 valence electrons. The number of ether oxygens (including phenoxy) is 1. The van der Waals surface area contributed by atoms with Gasteiger partial charge in [-0.15, -0.1) is 0 Å². The lowest BCUT2D eigenvalue weighted by molar-refractivity contribution is -0.141. The molecule has 2 atom stereocenters. The van der Waals surface area contributed by atoms with Crippen LogP contribution in [0, 0.1) is 5.92 Å². The molecule has 0 aromatic heterocycles. The monoisotopic (exact) mass is 196 g/mol. The summed E-state index contributed by atoms with van der Waals surface area (Å²) in [7, 11) is 1.67. The molecule has 0 radical (unpaired) electrons. The van der Waals surface area contributed by atoms with E-state index in [4.69, 9.17) is 9.84 Å². The van der Waals surface area contributed by atoms with Gasteiger partial charge in [0.1, 0.15) is 0 Å². The molecule has 0 bridgehead atoms. The van der Waals surface area contributed by atoms with Crippen molar-refractivity contribution in [3.63, 3.8) is 0 Å². The third-order valence-electron chi connectivity index (χ3n) is 2.40. The van der Waals surface area contributed by atoms with Crippen LogP contribution < -0.4 is 0 Å². The molecule has 1 aliphatic carbocycles. The molecule has 0 amide bonds. The van der Waals surface area contributed by atoms with Crippen LogP contribution in [-0.4, -0.2) is 24.3 Å². The smallest absolute Gasteiger partial charge is 0.306 e. The third kappa shape index (κ3) is 3.00. The molecule has 0 spiro atoms. The van der Waals surface area contributed by atoms with Crippen molar-refractivity contribution in [2.45, 2.75) is 25.9 Å². The lowest BCUT2D eigenvalue weighted by Gasteiger charge is -2.15. The standard InChI is InChI=1S/C11H16O3/c1-8(11(12)13)7-9-3-5-10(14-2)6-4-9/h3-5,8,10H,6-7H2,1-2H3,(H,12,13). The number of allylic oxidation sites excluding steroid dienone is 2. The molecular weight excluding hydrogens is 180 g/mol. The maximum absolute atomic E-state index is 10.6. The SMILES string of the molecule is COC1C=CC(CC(C)C(=O)O)=CC1. The molecular formula is C11H16O3. The number of hydrogen-bond donors (Lipinski definition) is 1. The van der Waals surface area contributed by atoms with Crippen LogP contribution in [0.2, 0.25) is 0 Å². The van der Waals surface area contributed by atoms with Crippen LogP contribution in [0.5, 0.6) is 0 Å². The first kappa shape index (κ1) is 11.0. The lowest BCUT2D eigenvalue weighted by atomic mass is 9.96. The van der Waals surface area contributed by atoms with E-state index < -0.39 is 5.97 Å². The van der Waals surface area contributed by atoms with Crippen LogP contribution in [0.4, 0.5) is 0 Å². The maximum Gasteiger partial charge on any atom is 0.306 e. The highest BCUT2D eigenvalue weighted by molar-refractivity contribution is 5.70. The minimum Gasteiger partial charge on any atom is -0.481 e. The van der Waals surface area contributed by atoms with E-state index >= 15 is 0 Å². The van der Waals surface area contributed by atoms with Crippen LogP contribution >= 0.6 is 0 Å². The molecule has 0 aliphatic heterocycles. The first-order valence-electron chi connectivity index (χ1n) is 4.76. The first-order valence-corrected chi connectivity index (χ1v) is 4.76. The molecule has 3 heteroatoms. The number of carbonyl (C=O) groups is 1. The van der Waals surface area contributed by atoms with E-state index in [1.165, 1.54) is 0 Å². The minimum absolute atomic E-state index is 0.152. The fourth-order valence-corrected chi connectivity index (χ4v) is 1.41. The quantitative estimate of drug-likeness (QED) is 0.748. The van der Waals surface area contributed by atoms with Gasteiger partial charge in [-0.3, -0.25) is 4.79 Å². The van der Waals surface area contributed by atoms with Gasteiger partial charge in [-0.05, 0) is 12.8 Å². The van der Waals surface area contributed by atoms with Gasteiger partial charge < -0.3 is 9.84 Å². The highest BCUT2D eigenvalue weighted by atomic mass is 16.5. The van der Waals surface area contributed by atoms with Crippen molar-refractivity contribution < 1.29 is 14.6 Å². The summed E-state index contributed by atoms with van der Waals surface area (Å²) >= 11 is 0. The number of carboxylic acid groups (broad SMARTS) is 1. The van der Waals surface area contributed by atoms with E-state index in [0.29, 0.717) is 6.42 Å². The van der Waals surface area contributed by atoms with Crippen molar-refractivity contribution in [1.29, 1.82) is 0 Å². The van der Waals surface area contributed by atoms with Gasteiger partial charge in [0.2, 0.25) is 0 Å². The van der Waals surface area contributed by atoms with Crippen molar-refractivity contribution in [3.8, 4) is 0 Å². The summed E-state index contributed by atoms with van der Waals surface area (Å²) in [4.78, 5) is 10.6. The summed E-state index contributed by atoms with van der Waals surface area (Å²) < 4.78 is 5.14. The van der Waals surface area contributed by atoms with E-state index in [1.807, 2.05) is 18.2 Å². The van der Waals surface area contributed by atoms with Gasteiger partial charge in [0.05, 0.1) is 12.0 Å². The maximum atomic E-state index is 10.6. The topological polar surface area (TPSA) is 46.5 Å². The van der Waals surface area contributed by atoms with E-state index in [9.17, 15) is 4.79 Å². The van der Waals surface area contributed by atoms with Gasteiger partial charge in [-0.25, -0.2) is 0 Å². The molecule has 14 heavy (non-hydrogen) atoms. The average molecular weight is 196 g/mol. The van der Waals surface area contributed by atoms with Crippen molar-refractivity contribution in [2.75, 3.05) is 7.11 Å². The second-order valence-electron chi connectivity index (χ2n) is 3.59. The second kappa shape index (κ2) is 4.96. The number of carboxylic acids is 1. The summed E-state index contributed by atoms with van der Waals surface area (Å²) in [6.07, 6.45) is 7.57. The molecule has 0 aromatic carbocycles. The Bertz CT molecular complexity index is 266. The predicted molar refractivity (Wildman–Crippen MR) is 54.1 cm³/mol. The van der Waals surface area contributed by atoms with E-state index in [2.05, 4.69) is 0 Å². The van der Waals surface area contributed by atoms with Gasteiger partial charge in [-0.2, -0.15) is 0 Å². The van der Waals surface area contributed by atoms with Crippen LogP contribution in [0.1, 0.15) is 19.8 Å². The van der Waals surface area contributed by atoms with Crippen molar-refractivity contribution in [2.24, 2.45) is 5.92 Å². The number of aliphatic carboxylic acids is 1. The summed E-state index contributed by atoms with van der Waals surface area (Å²) in [6, 6.07) is 0. The molecule has 0 heterocycles. The molecule has 0 saturated carbocycles. The second-order valence-corrected chi connectivity index (χ2v) is 3.59. The van der Waals surface area contributed by atoms with Gasteiger partial charge in [0, 0.05) is 7.11 Å². The summed E-state index contributed by atoms with van der Waals surface area (Å²) in [5.41, 5.74) is 1.09. The molecule has 1 aliphatic rings. The van der Waals surface area contributed by atoms with Crippen molar-refractivity contribution in [1.82, 2.24) is 0 Å². The molecule has 1 rings (SSSR count). The van der Waals surface area contributed by atoms with E-state index in [1.54, 1.807) is 14.0 Å². The van der Waals surface area contributed by atoms with Gasteiger partial charge in [0.15, 0.2) is 0 Å². The molecule has 0 aromatic rings. The Hall–Kier alpha value is -1.09. The first-order chi connectivity index (χ1) is 6.63. The summed E-state index contributed by atoms with van der Waals surface area (Å²) in [5.74, 6) is -1.06. The highest BCUT2D eigenvalue weighted by Crippen LogP contribution is 2.19. The summed E-state index contributed by atoms with van der Waals surface area (Å²) in [5, 5.41) is 8.73. The fraction of sp³-hybridized carbons (Fsp3) is 0.545. The average Bonchev–Trinajstić information content (AvgIpc) is 2.19. The zero-order valence-electron chi connectivity index (χ0n) is 8.56. The largest absolute Gasteiger partial charge is 0.481 e. The van der Waals surface area contributed by atoms with E-state index in [0.717, 1.165) is 12.0 Å². The minimum atomic E-state index is -0.742. The Morgan fingerprint density at radius 3 is 2.93 bits per heavy atom. The Labute approximate surface area is 84.1 Å². The predicted octanol–water partition coefficient (Wildman–Crippen LogP) is 2.00. The van der Waals surface area contributed by atoms with Gasteiger partial charge in [0.25, 0.3) is 0 Å². The zero-order chi connectivity index (χ0) is 10.6. The third-order valence-corrected chi connectivity index (χ3v) is 2.40. The summed E-state index contributed by atoms with van der Waals surface area (Å²) in [6.45, 7) is 1.72. The molecule has 2 unspecified atom stereocenters. The Morgan fingerprint density at radius 2 is 2.50 bits per heavy atom. The van der Waals surface area contributed by atoms with Gasteiger partial charge in [-0.1, -0.05) is 30.7 Å². The highest BCUT2D eigenvalue weighted by Gasteiger charge is 2.14. The Kier molecular flexibility index (Phi) is 3.89. The Balaban J connectivity index is 2.45. The molecule has 0 fully saturated rings.